The van der Waals surface area contributed by atoms with Gasteiger partial charge < -0.3 is 4.90 Å². The predicted octanol–water partition coefficient (Wildman–Crippen LogP) is 12.6. The van der Waals surface area contributed by atoms with Gasteiger partial charge >= 0.3 is 0 Å². The van der Waals surface area contributed by atoms with Crippen LogP contribution in [0.25, 0.3) is 44.2 Å². The third-order valence-electron chi connectivity index (χ3n) is 10.9. The molecule has 0 aliphatic heterocycles. The first-order valence-corrected chi connectivity index (χ1v) is 16.7. The second kappa shape index (κ2) is 10.0. The minimum Gasteiger partial charge on any atom is -0.310 e. The number of hydrogen-bond acceptors (Lipinski definition) is 1. The van der Waals surface area contributed by atoms with Crippen LogP contribution in [0.5, 0.6) is 0 Å². The van der Waals surface area contributed by atoms with Crippen molar-refractivity contribution in [2.75, 3.05) is 4.90 Å². The van der Waals surface area contributed by atoms with Gasteiger partial charge in [0.05, 0.1) is 5.69 Å². The van der Waals surface area contributed by atoms with Crippen LogP contribution in [0.1, 0.15) is 49.9 Å². The number of fused-ring (bicyclic) bond motifs is 7. The molecule has 226 valence electrons. The fourth-order valence-corrected chi connectivity index (χ4v) is 8.35. The van der Waals surface area contributed by atoms with E-state index >= 15 is 0 Å². The summed E-state index contributed by atoms with van der Waals surface area (Å²) in [4.78, 5) is 2.44. The zero-order valence-corrected chi connectivity index (χ0v) is 27.4. The summed E-state index contributed by atoms with van der Waals surface area (Å²) < 4.78 is 0. The van der Waals surface area contributed by atoms with Gasteiger partial charge in [-0.3, -0.25) is 0 Å². The maximum Gasteiger partial charge on any atom is 0.0540 e. The van der Waals surface area contributed by atoms with Crippen molar-refractivity contribution in [2.45, 2.75) is 38.5 Å². The van der Waals surface area contributed by atoms with Crippen LogP contribution >= 0.6 is 0 Å². The molecular weight excluding hydrogens is 567 g/mol. The highest BCUT2D eigenvalue weighted by molar-refractivity contribution is 5.99. The van der Waals surface area contributed by atoms with Gasteiger partial charge in [0.2, 0.25) is 0 Å². The van der Waals surface area contributed by atoms with E-state index in [1.54, 1.807) is 0 Å². The third kappa shape index (κ3) is 4.09. The van der Waals surface area contributed by atoms with E-state index in [0.717, 1.165) is 5.69 Å². The maximum absolute atomic E-state index is 2.44. The second-order valence-corrected chi connectivity index (χ2v) is 14.2. The van der Waals surface area contributed by atoms with Gasteiger partial charge in [-0.15, -0.1) is 0 Å². The van der Waals surface area contributed by atoms with E-state index in [0.29, 0.717) is 0 Å². The van der Waals surface area contributed by atoms with Crippen LogP contribution in [0.3, 0.4) is 0 Å². The number of rotatable bonds is 4. The molecule has 47 heavy (non-hydrogen) atoms. The minimum absolute atomic E-state index is 0.0198. The molecule has 9 rings (SSSR count). The standard InChI is InChI=1S/C46H37N/c1-45(2)40-17-9-7-15-36(40)38-26-22-32(28-42(38)45)30-20-23-33(24-21-30)47(44-19-11-13-31-12-5-6-14-35(31)44)34-25-27-39-37-16-8-10-18-41(37)46(3,4)43(39)29-34/h5-29H,1-4H3. The van der Waals surface area contributed by atoms with E-state index in [9.17, 15) is 0 Å². The molecule has 2 aliphatic carbocycles. The molecule has 0 unspecified atom stereocenters. The van der Waals surface area contributed by atoms with Gasteiger partial charge in [-0.05, 0) is 97.4 Å². The summed E-state index contributed by atoms with van der Waals surface area (Å²) in [6.45, 7) is 9.41. The Kier molecular flexibility index (Phi) is 5.96. The molecule has 7 aromatic rings. The van der Waals surface area contributed by atoms with E-state index < -0.39 is 0 Å². The lowest BCUT2D eigenvalue weighted by Gasteiger charge is -2.29. The summed E-state index contributed by atoms with van der Waals surface area (Å²) in [5, 5.41) is 2.48. The lowest BCUT2D eigenvalue weighted by molar-refractivity contribution is 0.660. The Morgan fingerprint density at radius 2 is 0.894 bits per heavy atom. The summed E-state index contributed by atoms with van der Waals surface area (Å²) >= 11 is 0. The van der Waals surface area contributed by atoms with Crippen LogP contribution in [-0.4, -0.2) is 0 Å². The summed E-state index contributed by atoms with van der Waals surface area (Å²) in [5.74, 6) is 0. The van der Waals surface area contributed by atoms with Crippen molar-refractivity contribution >= 4 is 27.8 Å². The van der Waals surface area contributed by atoms with Gasteiger partial charge in [-0.1, -0.05) is 143 Å². The Morgan fingerprint density at radius 1 is 0.383 bits per heavy atom. The first-order chi connectivity index (χ1) is 22.8. The van der Waals surface area contributed by atoms with Crippen molar-refractivity contribution in [1.29, 1.82) is 0 Å². The molecule has 0 spiro atoms. The quantitative estimate of drug-likeness (QED) is 0.193. The van der Waals surface area contributed by atoms with Crippen LogP contribution < -0.4 is 4.90 Å². The topological polar surface area (TPSA) is 3.24 Å². The van der Waals surface area contributed by atoms with Crippen LogP contribution in [0.4, 0.5) is 17.1 Å². The molecule has 1 nitrogen and oxygen atoms in total. The third-order valence-corrected chi connectivity index (χ3v) is 10.9. The highest BCUT2D eigenvalue weighted by atomic mass is 15.1. The lowest BCUT2D eigenvalue weighted by atomic mass is 9.81. The van der Waals surface area contributed by atoms with Crippen LogP contribution in [0.15, 0.2) is 152 Å². The van der Waals surface area contributed by atoms with Crippen molar-refractivity contribution in [2.24, 2.45) is 0 Å². The van der Waals surface area contributed by atoms with Crippen LogP contribution in [0, 0.1) is 0 Å². The van der Waals surface area contributed by atoms with Gasteiger partial charge in [-0.2, -0.15) is 0 Å². The zero-order chi connectivity index (χ0) is 31.9. The number of hydrogen-bond donors (Lipinski definition) is 0. The molecule has 0 saturated carbocycles. The Hall–Kier alpha value is -5.40. The van der Waals surface area contributed by atoms with Crippen molar-refractivity contribution in [3.8, 4) is 33.4 Å². The van der Waals surface area contributed by atoms with E-state index in [1.807, 2.05) is 0 Å². The molecule has 0 atom stereocenters. The smallest absolute Gasteiger partial charge is 0.0540 e. The zero-order valence-electron chi connectivity index (χ0n) is 27.4. The number of nitrogens with zero attached hydrogens (tertiary/aromatic N) is 1. The molecule has 0 radical (unpaired) electrons. The Balaban J connectivity index is 1.17. The van der Waals surface area contributed by atoms with Crippen molar-refractivity contribution in [3.63, 3.8) is 0 Å². The molecule has 0 heterocycles. The number of anilines is 3. The van der Waals surface area contributed by atoms with Crippen molar-refractivity contribution in [1.82, 2.24) is 0 Å². The van der Waals surface area contributed by atoms with Gasteiger partial charge in [0.25, 0.3) is 0 Å². The van der Waals surface area contributed by atoms with Gasteiger partial charge in [0.15, 0.2) is 0 Å². The maximum atomic E-state index is 2.44. The molecular formula is C46H37N. The Morgan fingerprint density at radius 3 is 1.60 bits per heavy atom. The van der Waals surface area contributed by atoms with Gasteiger partial charge in [0.1, 0.15) is 0 Å². The highest BCUT2D eigenvalue weighted by Crippen LogP contribution is 2.52. The summed E-state index contributed by atoms with van der Waals surface area (Å²) in [6.07, 6.45) is 0. The molecule has 0 aromatic heterocycles. The van der Waals surface area contributed by atoms with E-state index in [-0.39, 0.29) is 10.8 Å². The van der Waals surface area contributed by atoms with Crippen LogP contribution in [-0.2, 0) is 10.8 Å². The average Bonchev–Trinajstić information content (AvgIpc) is 3.48. The summed E-state index contributed by atoms with van der Waals surface area (Å²) in [7, 11) is 0. The van der Waals surface area contributed by atoms with E-state index in [2.05, 4.69) is 184 Å². The van der Waals surface area contributed by atoms with Gasteiger partial charge in [0, 0.05) is 27.6 Å². The van der Waals surface area contributed by atoms with Crippen molar-refractivity contribution in [3.05, 3.63) is 174 Å². The highest BCUT2D eigenvalue weighted by Gasteiger charge is 2.36. The lowest BCUT2D eigenvalue weighted by Crippen LogP contribution is -2.16. The SMILES string of the molecule is CC1(C)c2ccccc2-c2ccc(-c3ccc(N(c4ccc5c(c4)C(C)(C)c4ccccc4-5)c4cccc5ccccc45)cc3)cc21. The van der Waals surface area contributed by atoms with Crippen molar-refractivity contribution < 1.29 is 0 Å². The predicted molar refractivity (Wildman–Crippen MR) is 199 cm³/mol. The number of benzene rings is 7. The van der Waals surface area contributed by atoms with E-state index in [1.165, 1.54) is 77.8 Å². The molecule has 0 bridgehead atoms. The fourth-order valence-electron chi connectivity index (χ4n) is 8.35. The van der Waals surface area contributed by atoms with Gasteiger partial charge in [-0.25, -0.2) is 0 Å². The summed E-state index contributed by atoms with van der Waals surface area (Å²) in [6, 6.07) is 56.3. The second-order valence-electron chi connectivity index (χ2n) is 14.2. The Labute approximate surface area is 277 Å². The molecule has 7 aromatic carbocycles. The molecule has 0 fully saturated rings. The average molecular weight is 604 g/mol. The molecule has 0 saturated heterocycles. The van der Waals surface area contributed by atoms with E-state index in [4.69, 9.17) is 0 Å². The first kappa shape index (κ1) is 27.9. The molecule has 2 aliphatic rings. The summed E-state index contributed by atoms with van der Waals surface area (Å²) in [5.41, 5.74) is 16.9. The molecule has 1 heteroatoms. The minimum atomic E-state index is -0.0722. The molecule has 0 N–H and O–H groups in total. The largest absolute Gasteiger partial charge is 0.310 e. The fraction of sp³-hybridized carbons (Fsp3) is 0.130. The monoisotopic (exact) mass is 603 g/mol. The van der Waals surface area contributed by atoms with Crippen LogP contribution in [0.2, 0.25) is 0 Å². The Bertz CT molecular complexity index is 2350. The molecule has 0 amide bonds. The first-order valence-electron chi connectivity index (χ1n) is 16.7. The normalized spacial score (nSPS) is 14.7.